The van der Waals surface area contributed by atoms with E-state index in [0.29, 0.717) is 0 Å². The van der Waals surface area contributed by atoms with Crippen molar-refractivity contribution in [1.29, 1.82) is 10.5 Å². The van der Waals surface area contributed by atoms with Gasteiger partial charge in [-0.25, -0.2) is 0 Å². The van der Waals surface area contributed by atoms with Crippen LogP contribution < -0.4 is 0 Å². The highest BCUT2D eigenvalue weighted by Gasteiger charge is 2.39. The first-order chi connectivity index (χ1) is 7.01. The summed E-state index contributed by atoms with van der Waals surface area (Å²) in [6.45, 7) is 2.69. The van der Waals surface area contributed by atoms with Gasteiger partial charge in [0.1, 0.15) is 11.6 Å². The monoisotopic (exact) mass is 206 g/mol. The van der Waals surface area contributed by atoms with Crippen LogP contribution in [0.4, 0.5) is 0 Å². The Morgan fingerprint density at radius 1 is 1.00 bits per heavy atom. The van der Waals surface area contributed by atoms with Crippen LogP contribution in [-0.4, -0.2) is 11.6 Å². The lowest BCUT2D eigenvalue weighted by molar-refractivity contribution is -0.139. The van der Waals surface area contributed by atoms with E-state index in [1.54, 1.807) is 0 Å². The Morgan fingerprint density at radius 3 is 1.53 bits per heavy atom. The minimum Gasteiger partial charge on any atom is -0.299 e. The lowest BCUT2D eigenvalue weighted by Gasteiger charge is -2.26. The van der Waals surface area contributed by atoms with Crippen LogP contribution in [-0.2, 0) is 9.59 Å². The van der Waals surface area contributed by atoms with Crippen molar-refractivity contribution < 1.29 is 9.59 Å². The highest BCUT2D eigenvalue weighted by molar-refractivity contribution is 6.05. The van der Waals surface area contributed by atoms with Gasteiger partial charge in [-0.2, -0.15) is 10.5 Å². The van der Waals surface area contributed by atoms with E-state index in [1.165, 1.54) is 13.8 Å². The minimum absolute atomic E-state index is 0.157. The maximum Gasteiger partial charge on any atom is 0.143 e. The predicted molar refractivity (Wildman–Crippen MR) is 53.5 cm³/mol. The van der Waals surface area contributed by atoms with Crippen molar-refractivity contribution in [2.75, 3.05) is 0 Å². The third kappa shape index (κ3) is 3.18. The smallest absolute Gasteiger partial charge is 0.143 e. The standard InChI is InChI=1S/C11H14N2O2/c1-9(14)11(10(2)15,5-3-7-12)6-4-8-13/h3-6H2,1-2H3. The first-order valence-corrected chi connectivity index (χ1v) is 4.77. The molecule has 0 aliphatic carbocycles. The number of hydrogen-bond donors (Lipinski definition) is 0. The van der Waals surface area contributed by atoms with Crippen LogP contribution in [0.1, 0.15) is 39.5 Å². The number of nitrogens with zero attached hydrogens (tertiary/aromatic N) is 2. The summed E-state index contributed by atoms with van der Waals surface area (Å²) in [4.78, 5) is 23.0. The Hall–Kier alpha value is -1.68. The van der Waals surface area contributed by atoms with Crippen molar-refractivity contribution in [3.8, 4) is 12.1 Å². The minimum atomic E-state index is -1.12. The summed E-state index contributed by atoms with van der Waals surface area (Å²) < 4.78 is 0. The fourth-order valence-corrected chi connectivity index (χ4v) is 1.62. The number of carbonyl (C=O) groups excluding carboxylic acids is 2. The second kappa shape index (κ2) is 5.93. The third-order valence-corrected chi connectivity index (χ3v) is 2.68. The lowest BCUT2D eigenvalue weighted by Crippen LogP contribution is -2.36. The Bertz CT molecular complexity index is 299. The molecule has 80 valence electrons. The number of Topliss-reactive ketones (excluding diaryl/α,β-unsaturated/α-hetero) is 2. The summed E-state index contributed by atoms with van der Waals surface area (Å²) in [5, 5.41) is 17.0. The van der Waals surface area contributed by atoms with E-state index in [1.807, 2.05) is 12.1 Å². The van der Waals surface area contributed by atoms with Gasteiger partial charge in [0.15, 0.2) is 0 Å². The van der Waals surface area contributed by atoms with Crippen LogP contribution in [0, 0.1) is 28.1 Å². The van der Waals surface area contributed by atoms with Crippen LogP contribution in [0.3, 0.4) is 0 Å². The van der Waals surface area contributed by atoms with E-state index in [-0.39, 0.29) is 37.2 Å². The molecular weight excluding hydrogens is 192 g/mol. The van der Waals surface area contributed by atoms with Gasteiger partial charge in [0.2, 0.25) is 0 Å². The van der Waals surface area contributed by atoms with E-state index < -0.39 is 5.41 Å². The zero-order valence-electron chi connectivity index (χ0n) is 9.04. The zero-order valence-corrected chi connectivity index (χ0v) is 9.04. The van der Waals surface area contributed by atoms with E-state index in [4.69, 9.17) is 10.5 Å². The molecule has 0 radical (unpaired) electrons. The molecule has 0 unspecified atom stereocenters. The summed E-state index contributed by atoms with van der Waals surface area (Å²) in [6.07, 6.45) is 0.751. The quantitative estimate of drug-likeness (QED) is 0.620. The third-order valence-electron chi connectivity index (χ3n) is 2.68. The van der Waals surface area contributed by atoms with Gasteiger partial charge < -0.3 is 0 Å². The van der Waals surface area contributed by atoms with Crippen molar-refractivity contribution in [3.63, 3.8) is 0 Å². The number of ketones is 2. The molecule has 0 amide bonds. The summed E-state index contributed by atoms with van der Waals surface area (Å²) >= 11 is 0. The molecule has 0 aromatic heterocycles. The molecule has 0 N–H and O–H groups in total. The van der Waals surface area contributed by atoms with Crippen LogP contribution in [0.25, 0.3) is 0 Å². The van der Waals surface area contributed by atoms with Gasteiger partial charge in [-0.05, 0) is 26.7 Å². The molecule has 0 rings (SSSR count). The van der Waals surface area contributed by atoms with E-state index >= 15 is 0 Å². The Kier molecular flexibility index (Phi) is 5.26. The van der Waals surface area contributed by atoms with Gasteiger partial charge in [-0.3, -0.25) is 9.59 Å². The van der Waals surface area contributed by atoms with E-state index in [9.17, 15) is 9.59 Å². The van der Waals surface area contributed by atoms with Crippen molar-refractivity contribution >= 4 is 11.6 Å². The Morgan fingerprint density at radius 2 is 1.33 bits per heavy atom. The lowest BCUT2D eigenvalue weighted by atomic mass is 9.73. The van der Waals surface area contributed by atoms with Gasteiger partial charge in [0, 0.05) is 12.8 Å². The van der Waals surface area contributed by atoms with Crippen molar-refractivity contribution in [1.82, 2.24) is 0 Å². The van der Waals surface area contributed by atoms with Crippen LogP contribution >= 0.6 is 0 Å². The van der Waals surface area contributed by atoms with E-state index in [2.05, 4.69) is 0 Å². The summed E-state index contributed by atoms with van der Waals surface area (Å²) in [6, 6.07) is 3.84. The highest BCUT2D eigenvalue weighted by Crippen LogP contribution is 2.32. The van der Waals surface area contributed by atoms with Gasteiger partial charge in [0.05, 0.1) is 17.6 Å². The number of hydrogen-bond acceptors (Lipinski definition) is 4. The average Bonchev–Trinajstić information content (AvgIpc) is 2.17. The maximum atomic E-state index is 11.5. The first kappa shape index (κ1) is 13.3. The van der Waals surface area contributed by atoms with Crippen molar-refractivity contribution in [2.45, 2.75) is 39.5 Å². The molecule has 4 heteroatoms. The fraction of sp³-hybridized carbons (Fsp3) is 0.636. The van der Waals surface area contributed by atoms with E-state index in [0.717, 1.165) is 0 Å². The fourth-order valence-electron chi connectivity index (χ4n) is 1.62. The SMILES string of the molecule is CC(=O)C(CCC#N)(CCC#N)C(C)=O. The summed E-state index contributed by atoms with van der Waals surface area (Å²) in [5.74, 6) is -0.499. The molecule has 15 heavy (non-hydrogen) atoms. The molecule has 0 aromatic rings. The second-order valence-electron chi connectivity index (χ2n) is 3.51. The first-order valence-electron chi connectivity index (χ1n) is 4.77. The molecule has 0 atom stereocenters. The molecule has 0 aromatic carbocycles. The molecule has 0 bridgehead atoms. The molecule has 0 aliphatic rings. The molecule has 0 saturated heterocycles. The molecular formula is C11H14N2O2. The molecule has 0 fully saturated rings. The van der Waals surface area contributed by atoms with Crippen LogP contribution in [0.5, 0.6) is 0 Å². The van der Waals surface area contributed by atoms with Crippen LogP contribution in [0.2, 0.25) is 0 Å². The largest absolute Gasteiger partial charge is 0.299 e. The Labute approximate surface area is 89.5 Å². The summed E-state index contributed by atoms with van der Waals surface area (Å²) in [7, 11) is 0. The maximum absolute atomic E-state index is 11.5. The van der Waals surface area contributed by atoms with Crippen molar-refractivity contribution in [3.05, 3.63) is 0 Å². The zero-order chi connectivity index (χ0) is 11.9. The highest BCUT2D eigenvalue weighted by atomic mass is 16.2. The number of rotatable bonds is 6. The second-order valence-corrected chi connectivity index (χ2v) is 3.51. The van der Waals surface area contributed by atoms with Gasteiger partial charge in [0.25, 0.3) is 0 Å². The summed E-state index contributed by atoms with van der Waals surface area (Å²) in [5.41, 5.74) is -1.12. The van der Waals surface area contributed by atoms with Gasteiger partial charge in [-0.15, -0.1) is 0 Å². The van der Waals surface area contributed by atoms with Gasteiger partial charge in [-0.1, -0.05) is 0 Å². The van der Waals surface area contributed by atoms with Gasteiger partial charge >= 0.3 is 0 Å². The average molecular weight is 206 g/mol. The normalized spacial score (nSPS) is 10.1. The molecule has 0 aliphatic heterocycles. The van der Waals surface area contributed by atoms with Crippen molar-refractivity contribution in [2.24, 2.45) is 5.41 Å². The predicted octanol–water partition coefficient (Wildman–Crippen LogP) is 1.76. The number of carbonyl (C=O) groups is 2. The molecule has 0 saturated carbocycles. The Balaban J connectivity index is 4.93. The topological polar surface area (TPSA) is 81.7 Å². The molecule has 0 heterocycles. The molecule has 0 spiro atoms. The number of nitriles is 2. The molecule has 4 nitrogen and oxygen atoms in total. The van der Waals surface area contributed by atoms with Crippen LogP contribution in [0.15, 0.2) is 0 Å².